The second-order valence-corrected chi connectivity index (χ2v) is 14.0. The van der Waals surface area contributed by atoms with Gasteiger partial charge in [-0.3, -0.25) is 0 Å². The summed E-state index contributed by atoms with van der Waals surface area (Å²) in [6.07, 6.45) is -1.92. The first-order valence-corrected chi connectivity index (χ1v) is 17.1. The monoisotopic (exact) mass is 731 g/mol. The number of hydrogen-bond donors (Lipinski definition) is 5. The molecule has 5 N–H and O–H groups in total. The molecule has 0 saturated heterocycles. The van der Waals surface area contributed by atoms with Crippen LogP contribution in [0.5, 0.6) is 11.5 Å². The van der Waals surface area contributed by atoms with Crippen molar-refractivity contribution in [3.05, 3.63) is 116 Å². The highest BCUT2D eigenvalue weighted by atomic mass is 35.5. The molecule has 0 aromatic heterocycles. The van der Waals surface area contributed by atoms with E-state index in [1.54, 1.807) is 32.0 Å². The molecule has 7 nitrogen and oxygen atoms in total. The van der Waals surface area contributed by atoms with Crippen molar-refractivity contribution in [3.8, 4) is 22.6 Å². The van der Waals surface area contributed by atoms with E-state index in [4.69, 9.17) is 32.7 Å². The minimum atomic E-state index is -2.77. The third-order valence-corrected chi connectivity index (χ3v) is 9.85. The molecule has 0 aliphatic heterocycles. The highest BCUT2D eigenvalue weighted by Crippen LogP contribution is 2.38. The summed E-state index contributed by atoms with van der Waals surface area (Å²) in [5, 5.41) is 42.2. The third kappa shape index (κ3) is 9.94. The Hall–Kier alpha value is -3.28. The maximum atomic E-state index is 14.1. The molecule has 0 aliphatic carbocycles. The summed E-state index contributed by atoms with van der Waals surface area (Å²) in [6, 6.07) is 21.4. The molecule has 4 aromatic rings. The van der Waals surface area contributed by atoms with E-state index in [9.17, 15) is 29.2 Å². The number of benzene rings is 4. The average Bonchev–Trinajstić information content (AvgIpc) is 3.12. The van der Waals surface area contributed by atoms with Crippen molar-refractivity contribution >= 4 is 23.2 Å². The SMILES string of the molecule is Cc1cc(CNC(C)(CO)CO)ccc1OCc1cccc(-c2cccc(COc3ccc(CCC(C)(CO)CO)cc3C(F)F)c2Cl)c1Cl. The Kier molecular flexibility index (Phi) is 14.0. The lowest BCUT2D eigenvalue weighted by atomic mass is 9.85. The standard InChI is InChI=1S/C39H45Cl2F2NO6/c1-25-16-27(18-44-39(3,23-47)24-48)11-12-33(25)49-19-28-6-4-8-30(35(28)40)31-9-5-7-29(36(31)41)20-50-34-13-10-26(17-32(34)37(42)43)14-15-38(2,21-45)22-46/h4-13,16-17,37,44-48H,14-15,18-24H2,1-3H3. The fourth-order valence-electron chi connectivity index (χ4n) is 5.28. The minimum absolute atomic E-state index is 0.0443. The van der Waals surface area contributed by atoms with E-state index in [0.29, 0.717) is 57.4 Å². The van der Waals surface area contributed by atoms with Crippen molar-refractivity contribution < 1.29 is 38.7 Å². The number of halogens is 4. The molecule has 0 aliphatic rings. The topological polar surface area (TPSA) is 111 Å². The number of aliphatic hydroxyl groups is 4. The van der Waals surface area contributed by atoms with E-state index >= 15 is 0 Å². The molecular formula is C39H45Cl2F2NO6. The zero-order chi connectivity index (χ0) is 36.5. The Bertz CT molecular complexity index is 1730. The van der Waals surface area contributed by atoms with Crippen molar-refractivity contribution in [2.24, 2.45) is 5.41 Å². The first-order valence-electron chi connectivity index (χ1n) is 16.4. The summed E-state index contributed by atoms with van der Waals surface area (Å²) in [5.41, 5.74) is 3.51. The molecule has 0 fully saturated rings. The number of hydrogen-bond acceptors (Lipinski definition) is 7. The van der Waals surface area contributed by atoms with Gasteiger partial charge in [-0.2, -0.15) is 0 Å². The number of aryl methyl sites for hydroxylation is 2. The molecule has 11 heteroatoms. The van der Waals surface area contributed by atoms with Crippen LogP contribution in [0.4, 0.5) is 8.78 Å². The quantitative estimate of drug-likeness (QED) is 0.0710. The Morgan fingerprint density at radius 1 is 0.720 bits per heavy atom. The van der Waals surface area contributed by atoms with E-state index in [-0.39, 0.29) is 51.0 Å². The molecule has 4 aromatic carbocycles. The van der Waals surface area contributed by atoms with Gasteiger partial charge in [0.15, 0.2) is 0 Å². The van der Waals surface area contributed by atoms with Crippen molar-refractivity contribution in [1.82, 2.24) is 5.32 Å². The summed E-state index contributed by atoms with van der Waals surface area (Å²) in [4.78, 5) is 0. The highest BCUT2D eigenvalue weighted by molar-refractivity contribution is 6.37. The number of aliphatic hydroxyl groups excluding tert-OH is 4. The Balaban J connectivity index is 1.46. The van der Waals surface area contributed by atoms with E-state index in [0.717, 1.165) is 16.7 Å². The van der Waals surface area contributed by atoms with Crippen LogP contribution >= 0.6 is 23.2 Å². The molecule has 0 atom stereocenters. The second kappa shape index (κ2) is 17.8. The van der Waals surface area contributed by atoms with Crippen LogP contribution in [-0.2, 0) is 26.2 Å². The largest absolute Gasteiger partial charge is 0.489 e. The van der Waals surface area contributed by atoms with Crippen molar-refractivity contribution in [3.63, 3.8) is 0 Å². The zero-order valence-corrected chi connectivity index (χ0v) is 30.0. The smallest absolute Gasteiger partial charge is 0.267 e. The molecule has 0 heterocycles. The lowest BCUT2D eigenvalue weighted by molar-refractivity contribution is 0.0631. The average molecular weight is 733 g/mol. The van der Waals surface area contributed by atoms with Crippen molar-refractivity contribution in [2.75, 3.05) is 26.4 Å². The van der Waals surface area contributed by atoms with E-state index in [1.165, 1.54) is 12.1 Å². The second-order valence-electron chi connectivity index (χ2n) is 13.3. The van der Waals surface area contributed by atoms with Crippen LogP contribution in [-0.4, -0.2) is 52.4 Å². The summed E-state index contributed by atoms with van der Waals surface area (Å²) in [6.45, 7) is 5.25. The Labute approximate surface area is 302 Å². The lowest BCUT2D eigenvalue weighted by Gasteiger charge is -2.26. The molecule has 50 heavy (non-hydrogen) atoms. The van der Waals surface area contributed by atoms with Gasteiger partial charge in [-0.05, 0) is 61.6 Å². The number of ether oxygens (including phenoxy) is 2. The van der Waals surface area contributed by atoms with Crippen LogP contribution in [0.2, 0.25) is 10.0 Å². The van der Waals surface area contributed by atoms with Crippen LogP contribution in [0.25, 0.3) is 11.1 Å². The predicted molar refractivity (Wildman–Crippen MR) is 193 cm³/mol. The normalized spacial score (nSPS) is 12.1. The molecular weight excluding hydrogens is 687 g/mol. The Morgan fingerprint density at radius 2 is 1.26 bits per heavy atom. The number of nitrogens with one attached hydrogen (secondary N) is 1. The zero-order valence-electron chi connectivity index (χ0n) is 28.5. The van der Waals surface area contributed by atoms with Crippen LogP contribution < -0.4 is 14.8 Å². The van der Waals surface area contributed by atoms with E-state index in [2.05, 4.69) is 5.32 Å². The fraction of sp³-hybridized carbons (Fsp3) is 0.385. The van der Waals surface area contributed by atoms with Gasteiger partial charge in [0.2, 0.25) is 0 Å². The lowest BCUT2D eigenvalue weighted by Crippen LogP contribution is -2.48. The van der Waals surface area contributed by atoms with E-state index < -0.39 is 17.4 Å². The summed E-state index contributed by atoms with van der Waals surface area (Å²) < 4.78 is 40.1. The summed E-state index contributed by atoms with van der Waals surface area (Å²) in [5.74, 6) is 0.729. The van der Waals surface area contributed by atoms with Gasteiger partial charge in [-0.25, -0.2) is 8.78 Å². The minimum Gasteiger partial charge on any atom is -0.489 e. The van der Waals surface area contributed by atoms with Gasteiger partial charge in [0.05, 0.1) is 47.6 Å². The molecule has 0 saturated carbocycles. The fourth-order valence-corrected chi connectivity index (χ4v) is 5.84. The van der Waals surface area contributed by atoms with Gasteiger partial charge in [-0.15, -0.1) is 0 Å². The van der Waals surface area contributed by atoms with Gasteiger partial charge in [0.25, 0.3) is 6.43 Å². The first-order chi connectivity index (χ1) is 23.9. The molecule has 0 bridgehead atoms. The summed E-state index contributed by atoms with van der Waals surface area (Å²) >= 11 is 13.8. The highest BCUT2D eigenvalue weighted by Gasteiger charge is 2.24. The maximum Gasteiger partial charge on any atom is 0.267 e. The van der Waals surface area contributed by atoms with Gasteiger partial charge < -0.3 is 35.2 Å². The first kappa shape index (κ1) is 39.5. The predicted octanol–water partition coefficient (Wildman–Crippen LogP) is 7.82. The molecule has 270 valence electrons. The maximum absolute atomic E-state index is 14.1. The molecule has 0 radical (unpaired) electrons. The van der Waals surface area contributed by atoms with Crippen LogP contribution in [0.3, 0.4) is 0 Å². The van der Waals surface area contributed by atoms with Crippen molar-refractivity contribution in [2.45, 2.75) is 65.3 Å². The van der Waals surface area contributed by atoms with Crippen LogP contribution in [0.1, 0.15) is 60.1 Å². The molecule has 4 rings (SSSR count). The molecule has 0 spiro atoms. The number of alkyl halides is 2. The molecule has 0 unspecified atom stereocenters. The van der Waals surface area contributed by atoms with Crippen molar-refractivity contribution in [1.29, 1.82) is 0 Å². The van der Waals surface area contributed by atoms with Gasteiger partial charge in [0, 0.05) is 34.2 Å². The van der Waals surface area contributed by atoms with E-state index in [1.807, 2.05) is 49.4 Å². The van der Waals surface area contributed by atoms with Gasteiger partial charge >= 0.3 is 0 Å². The Morgan fingerprint density at radius 3 is 1.78 bits per heavy atom. The van der Waals surface area contributed by atoms with Crippen LogP contribution in [0.15, 0.2) is 72.8 Å². The van der Waals surface area contributed by atoms with Gasteiger partial charge in [0.1, 0.15) is 24.7 Å². The number of rotatable bonds is 18. The van der Waals surface area contributed by atoms with Gasteiger partial charge in [-0.1, -0.05) is 84.7 Å². The summed E-state index contributed by atoms with van der Waals surface area (Å²) in [7, 11) is 0. The molecule has 0 amide bonds. The van der Waals surface area contributed by atoms with Crippen LogP contribution in [0, 0.1) is 12.3 Å². The third-order valence-electron chi connectivity index (χ3n) is 8.96.